The zero-order chi connectivity index (χ0) is 18.5. The molecule has 0 radical (unpaired) electrons. The van der Waals surface area contributed by atoms with Crippen LogP contribution in [-0.4, -0.2) is 37.2 Å². The van der Waals surface area contributed by atoms with E-state index < -0.39 is 0 Å². The summed E-state index contributed by atoms with van der Waals surface area (Å²) in [6.07, 6.45) is 3.41. The van der Waals surface area contributed by atoms with Gasteiger partial charge in [-0.25, -0.2) is 0 Å². The van der Waals surface area contributed by atoms with E-state index >= 15 is 0 Å². The number of esters is 2. The first-order valence-electron chi connectivity index (χ1n) is 9.57. The Kier molecular flexibility index (Phi) is 6.27. The zero-order valence-corrected chi connectivity index (χ0v) is 15.5. The van der Waals surface area contributed by atoms with Gasteiger partial charge in [0, 0.05) is 12.1 Å². The average molecular weight is 360 g/mol. The highest BCUT2D eigenvalue weighted by molar-refractivity contribution is 5.76. The Morgan fingerprint density at radius 2 is 1.35 bits per heavy atom. The van der Waals surface area contributed by atoms with Gasteiger partial charge in [-0.3, -0.25) is 20.2 Å². The molecule has 0 aliphatic carbocycles. The van der Waals surface area contributed by atoms with Crippen LogP contribution in [0.15, 0.2) is 24.3 Å². The van der Waals surface area contributed by atoms with Gasteiger partial charge in [0.1, 0.15) is 12.1 Å². The Labute approximate surface area is 154 Å². The second-order valence-electron chi connectivity index (χ2n) is 6.87. The fourth-order valence-electron chi connectivity index (χ4n) is 3.86. The predicted molar refractivity (Wildman–Crippen MR) is 97.5 cm³/mol. The number of hydrogen-bond donors (Lipinski definition) is 2. The van der Waals surface area contributed by atoms with E-state index in [1.165, 1.54) is 11.1 Å². The predicted octanol–water partition coefficient (Wildman–Crippen LogP) is 2.40. The molecular weight excluding hydrogens is 332 g/mol. The van der Waals surface area contributed by atoms with Gasteiger partial charge in [0.05, 0.1) is 13.2 Å². The zero-order valence-electron chi connectivity index (χ0n) is 15.5. The molecule has 26 heavy (non-hydrogen) atoms. The molecule has 142 valence electrons. The minimum atomic E-state index is -0.221. The molecule has 3 rings (SSSR count). The minimum absolute atomic E-state index is 0.159. The molecule has 0 aromatic heterocycles. The van der Waals surface area contributed by atoms with Crippen molar-refractivity contribution >= 4 is 11.9 Å². The maximum Gasteiger partial charge on any atom is 0.323 e. The van der Waals surface area contributed by atoms with Crippen molar-refractivity contribution in [3.63, 3.8) is 0 Å². The van der Waals surface area contributed by atoms with Crippen LogP contribution in [0.25, 0.3) is 0 Å². The number of ether oxygens (including phenoxy) is 2. The molecule has 0 bridgehead atoms. The summed E-state index contributed by atoms with van der Waals surface area (Å²) in [6, 6.07) is 8.28. The molecule has 2 N–H and O–H groups in total. The Balaban J connectivity index is 1.63. The highest BCUT2D eigenvalue weighted by Crippen LogP contribution is 2.32. The second-order valence-corrected chi connectivity index (χ2v) is 6.87. The summed E-state index contributed by atoms with van der Waals surface area (Å²) in [5.74, 6) is -0.332. The largest absolute Gasteiger partial charge is 0.465 e. The summed E-state index contributed by atoms with van der Waals surface area (Å²) in [4.78, 5) is 23.8. The van der Waals surface area contributed by atoms with Gasteiger partial charge in [0.25, 0.3) is 0 Å². The molecule has 2 saturated heterocycles. The smallest absolute Gasteiger partial charge is 0.323 e. The first kappa shape index (κ1) is 18.9. The maximum atomic E-state index is 11.9. The lowest BCUT2D eigenvalue weighted by Crippen LogP contribution is -2.34. The van der Waals surface area contributed by atoms with E-state index in [1.807, 2.05) is 19.9 Å². The molecule has 4 atom stereocenters. The molecule has 0 unspecified atom stereocenters. The quantitative estimate of drug-likeness (QED) is 0.759. The highest BCUT2D eigenvalue weighted by atomic mass is 16.5. The van der Waals surface area contributed by atoms with Crippen LogP contribution in [0.4, 0.5) is 0 Å². The van der Waals surface area contributed by atoms with Crippen LogP contribution in [0.2, 0.25) is 0 Å². The summed E-state index contributed by atoms with van der Waals surface area (Å²) in [7, 11) is 0. The molecular formula is C20H28N2O4. The van der Waals surface area contributed by atoms with Gasteiger partial charge >= 0.3 is 11.9 Å². The molecule has 0 saturated carbocycles. The van der Waals surface area contributed by atoms with Gasteiger partial charge in [-0.05, 0) is 50.7 Å². The van der Waals surface area contributed by atoms with Crippen LogP contribution >= 0.6 is 0 Å². The van der Waals surface area contributed by atoms with Gasteiger partial charge in [0.2, 0.25) is 0 Å². The molecule has 0 amide bonds. The lowest BCUT2D eigenvalue weighted by atomic mass is 9.98. The highest BCUT2D eigenvalue weighted by Gasteiger charge is 2.33. The van der Waals surface area contributed by atoms with Crippen LogP contribution in [0.5, 0.6) is 0 Å². The van der Waals surface area contributed by atoms with Crippen molar-refractivity contribution < 1.29 is 19.1 Å². The summed E-state index contributed by atoms with van der Waals surface area (Å²) < 4.78 is 10.2. The van der Waals surface area contributed by atoms with Crippen LogP contribution in [0.1, 0.15) is 62.7 Å². The first-order valence-corrected chi connectivity index (χ1v) is 9.57. The van der Waals surface area contributed by atoms with Gasteiger partial charge in [-0.2, -0.15) is 0 Å². The van der Waals surface area contributed by atoms with E-state index in [9.17, 15) is 9.59 Å². The Bertz CT molecular complexity index is 597. The van der Waals surface area contributed by atoms with E-state index in [4.69, 9.17) is 9.47 Å². The topological polar surface area (TPSA) is 76.7 Å². The van der Waals surface area contributed by atoms with Crippen molar-refractivity contribution in [3.8, 4) is 0 Å². The molecule has 1 aromatic rings. The average Bonchev–Trinajstić information content (AvgIpc) is 3.32. The van der Waals surface area contributed by atoms with Crippen molar-refractivity contribution in [1.29, 1.82) is 0 Å². The van der Waals surface area contributed by atoms with Crippen molar-refractivity contribution in [2.75, 3.05) is 13.2 Å². The van der Waals surface area contributed by atoms with Crippen molar-refractivity contribution in [1.82, 2.24) is 10.6 Å². The first-order chi connectivity index (χ1) is 12.6. The van der Waals surface area contributed by atoms with E-state index in [2.05, 4.69) is 28.8 Å². The van der Waals surface area contributed by atoms with Crippen LogP contribution in [0.3, 0.4) is 0 Å². The standard InChI is InChI=1S/C20H28N2O4/c1-3-25-19(23)17-10-8-15(21-17)13-6-5-7-14(12-13)16-9-11-18(22-16)20(24)26-4-2/h5-7,12,15-18,21-22H,3-4,8-11H2,1-2H3/t15-,16-,17+,18+/m1/s1. The lowest BCUT2D eigenvalue weighted by molar-refractivity contribution is -0.146. The van der Waals surface area contributed by atoms with Crippen LogP contribution < -0.4 is 10.6 Å². The van der Waals surface area contributed by atoms with Gasteiger partial charge in [-0.1, -0.05) is 24.3 Å². The minimum Gasteiger partial charge on any atom is -0.465 e. The maximum absolute atomic E-state index is 11.9. The number of benzene rings is 1. The molecule has 6 nitrogen and oxygen atoms in total. The molecule has 2 heterocycles. The molecule has 6 heteroatoms. The number of carbonyl (C=O) groups is 2. The van der Waals surface area contributed by atoms with E-state index in [0.717, 1.165) is 25.7 Å². The number of nitrogens with one attached hydrogen (secondary N) is 2. The molecule has 0 spiro atoms. The van der Waals surface area contributed by atoms with E-state index in [0.29, 0.717) is 13.2 Å². The SMILES string of the molecule is CCOC(=O)[C@@H]1CC[C@H](c2cccc([C@H]3CC[C@@H](C(=O)OCC)N3)c2)N1. The second kappa shape index (κ2) is 8.64. The van der Waals surface area contributed by atoms with Crippen LogP contribution in [-0.2, 0) is 19.1 Å². The fraction of sp³-hybridized carbons (Fsp3) is 0.600. The number of rotatable bonds is 6. The normalized spacial score (nSPS) is 28.1. The third kappa shape index (κ3) is 4.24. The summed E-state index contributed by atoms with van der Waals surface area (Å²) in [6.45, 7) is 4.47. The third-order valence-corrected chi connectivity index (χ3v) is 5.15. The van der Waals surface area contributed by atoms with E-state index in [1.54, 1.807) is 0 Å². The van der Waals surface area contributed by atoms with Crippen molar-refractivity contribution in [2.24, 2.45) is 0 Å². The summed E-state index contributed by atoms with van der Waals surface area (Å²) >= 11 is 0. The van der Waals surface area contributed by atoms with Gasteiger partial charge in [-0.15, -0.1) is 0 Å². The fourth-order valence-corrected chi connectivity index (χ4v) is 3.86. The van der Waals surface area contributed by atoms with Crippen molar-refractivity contribution in [2.45, 2.75) is 63.7 Å². The third-order valence-electron chi connectivity index (χ3n) is 5.15. The number of carbonyl (C=O) groups excluding carboxylic acids is 2. The van der Waals surface area contributed by atoms with Crippen LogP contribution in [0, 0.1) is 0 Å². The molecule has 2 aliphatic heterocycles. The Morgan fingerprint density at radius 3 is 1.77 bits per heavy atom. The van der Waals surface area contributed by atoms with Gasteiger partial charge in [0.15, 0.2) is 0 Å². The molecule has 2 fully saturated rings. The Hall–Kier alpha value is -1.92. The number of hydrogen-bond acceptors (Lipinski definition) is 6. The lowest BCUT2D eigenvalue weighted by Gasteiger charge is -2.18. The summed E-state index contributed by atoms with van der Waals surface area (Å²) in [5, 5.41) is 6.77. The monoisotopic (exact) mass is 360 g/mol. The van der Waals surface area contributed by atoms with Crippen molar-refractivity contribution in [3.05, 3.63) is 35.4 Å². The summed E-state index contributed by atoms with van der Waals surface area (Å²) in [5.41, 5.74) is 2.35. The van der Waals surface area contributed by atoms with E-state index in [-0.39, 0.29) is 36.1 Å². The van der Waals surface area contributed by atoms with Gasteiger partial charge < -0.3 is 9.47 Å². The molecule has 2 aliphatic rings. The molecule has 1 aromatic carbocycles. The Morgan fingerprint density at radius 1 is 0.885 bits per heavy atom.